The molecule has 12 nitrogen and oxygen atoms in total. The fourth-order valence-corrected chi connectivity index (χ4v) is 13.6. The molecule has 7 aromatic carbocycles. The lowest BCUT2D eigenvalue weighted by Gasteiger charge is -2.34. The minimum absolute atomic E-state index is 0.0350. The third-order valence-electron chi connectivity index (χ3n) is 11.6. The van der Waals surface area contributed by atoms with Gasteiger partial charge in [-0.05, 0) is 110 Å². The first-order valence-corrected chi connectivity index (χ1v) is 28.5. The smallest absolute Gasteiger partial charge is 0.338 e. The van der Waals surface area contributed by atoms with E-state index in [9.17, 15) is 9.59 Å². The van der Waals surface area contributed by atoms with E-state index in [-0.39, 0.29) is 25.0 Å². The van der Waals surface area contributed by atoms with E-state index in [1.165, 1.54) is 17.5 Å². The Morgan fingerprint density at radius 1 is 0.592 bits per heavy atom. The maximum absolute atomic E-state index is 15.1. The SMILES string of the molecule is CCOC(=O)C/C(=C\c1ccccc1)P1(=O)N(c2ccccc2)CCN1c1ccccc1.CCOC(=O)C=C=Cc1ccccc1.S=C(NCCOP1N(c2ccccc2)CCN1c1ccccc1)Nc1ccccc1. The Labute approximate surface area is 454 Å². The third-order valence-corrected chi connectivity index (χ3v) is 17.2. The van der Waals surface area contributed by atoms with Gasteiger partial charge in [-0.1, -0.05) is 152 Å². The van der Waals surface area contributed by atoms with Crippen LogP contribution in [0.15, 0.2) is 229 Å². The lowest BCUT2D eigenvalue weighted by Crippen LogP contribution is -2.31. The predicted octanol–water partition coefficient (Wildman–Crippen LogP) is 13.9. The number of carbonyl (C=O) groups excluding carboxylic acids is 2. The fraction of sp³-hybridized carbons (Fsp3) is 0.180. The second-order valence-corrected chi connectivity index (χ2v) is 21.6. The standard InChI is InChI=1S/C26H27N2O3P.C23H25N4OPS.C12H12O2/c1-2-31-26(29)21-25(20-22-12-6-3-7-13-22)32(30)27(23-14-8-4-9-15-23)18-19-28(32)24-16-10-5-11-17-24;30-23(25-20-10-4-1-5-11-20)24-16-19-28-29-26(21-12-6-2-7-13-21)17-18-27(29)22-14-8-3-9-15-22;1-2-14-12(13)10-6-9-11-7-4-3-5-8-11/h3-17,20H,2,18-19,21H2,1H3;1-15H,16-19H2,(H2,24,25,30);3-5,7-10H,2H2,1H3/b25-20+;;. The maximum atomic E-state index is 15.1. The molecule has 2 N–H and O–H groups in total. The number of hydrogen-bond donors (Lipinski definition) is 2. The van der Waals surface area contributed by atoms with Crippen molar-refractivity contribution in [2.75, 3.05) is 76.5 Å². The molecular formula is C61H64N6O6P2S. The number of nitrogens with zero attached hydrogens (tertiary/aromatic N) is 4. The Bertz CT molecular complexity index is 2920. The first-order chi connectivity index (χ1) is 37.3. The second-order valence-electron chi connectivity index (χ2n) is 16.9. The number of carbonyl (C=O) groups is 2. The Hall–Kier alpha value is -7.75. The van der Waals surface area contributed by atoms with Crippen molar-refractivity contribution < 1.29 is 28.2 Å². The number of rotatable bonds is 17. The Morgan fingerprint density at radius 2 is 1.03 bits per heavy atom. The van der Waals surface area contributed by atoms with Gasteiger partial charge in [-0.2, -0.15) is 0 Å². The van der Waals surface area contributed by atoms with Crippen molar-refractivity contribution >= 4 is 85.8 Å². The summed E-state index contributed by atoms with van der Waals surface area (Å²) in [7, 11) is -4.30. The van der Waals surface area contributed by atoms with Gasteiger partial charge in [-0.15, -0.1) is 5.73 Å². The number of esters is 2. The van der Waals surface area contributed by atoms with Crippen molar-refractivity contribution in [1.82, 2.24) is 5.32 Å². The number of benzene rings is 7. The molecule has 9 rings (SSSR count). The van der Waals surface area contributed by atoms with Crippen molar-refractivity contribution in [3.05, 3.63) is 241 Å². The van der Waals surface area contributed by atoms with E-state index in [4.69, 9.17) is 26.2 Å². The van der Waals surface area contributed by atoms with E-state index < -0.39 is 15.9 Å². The van der Waals surface area contributed by atoms with Crippen LogP contribution in [0.2, 0.25) is 0 Å². The topological polar surface area (TPSA) is 116 Å². The molecule has 2 heterocycles. The zero-order chi connectivity index (χ0) is 53.2. The van der Waals surface area contributed by atoms with Gasteiger partial charge in [0, 0.05) is 66.5 Å². The summed E-state index contributed by atoms with van der Waals surface area (Å²) in [5.41, 5.74) is 9.77. The van der Waals surface area contributed by atoms with Crippen molar-refractivity contribution in [2.45, 2.75) is 20.3 Å². The minimum atomic E-state index is -3.36. The number of anilines is 5. The van der Waals surface area contributed by atoms with Crippen LogP contribution in [-0.2, 0) is 28.2 Å². The molecule has 0 spiro atoms. The molecule has 0 unspecified atom stereocenters. The summed E-state index contributed by atoms with van der Waals surface area (Å²) in [5, 5.41) is 7.58. The monoisotopic (exact) mass is 1070 g/mol. The minimum Gasteiger partial charge on any atom is -0.466 e. The predicted molar refractivity (Wildman–Crippen MR) is 318 cm³/mol. The molecule has 2 saturated heterocycles. The molecule has 7 aromatic rings. The van der Waals surface area contributed by atoms with Crippen LogP contribution < -0.4 is 29.3 Å². The first-order valence-electron chi connectivity index (χ1n) is 25.3. The molecule has 76 heavy (non-hydrogen) atoms. The van der Waals surface area contributed by atoms with E-state index in [0.29, 0.717) is 43.3 Å². The normalized spacial score (nSPS) is 13.7. The summed E-state index contributed by atoms with van der Waals surface area (Å²) in [5.74, 6) is -0.738. The molecule has 0 atom stereocenters. The number of hydrogen-bond acceptors (Lipinski definition) is 9. The highest BCUT2D eigenvalue weighted by Crippen LogP contribution is 2.67. The highest BCUT2D eigenvalue weighted by atomic mass is 32.1. The molecule has 0 saturated carbocycles. The van der Waals surface area contributed by atoms with Crippen molar-refractivity contribution in [3.63, 3.8) is 0 Å². The quantitative estimate of drug-likeness (QED) is 0.0225. The molecule has 0 aliphatic carbocycles. The average Bonchev–Trinajstić information content (AvgIpc) is 4.08. The van der Waals surface area contributed by atoms with E-state index in [1.54, 1.807) is 19.9 Å². The van der Waals surface area contributed by atoms with E-state index >= 15 is 4.57 Å². The van der Waals surface area contributed by atoms with Gasteiger partial charge in [0.1, 0.15) is 0 Å². The Kier molecular flexibility index (Phi) is 22.1. The van der Waals surface area contributed by atoms with E-state index in [2.05, 4.69) is 74.2 Å². The van der Waals surface area contributed by atoms with Crippen molar-refractivity contribution in [3.8, 4) is 0 Å². The Morgan fingerprint density at radius 3 is 1.50 bits per heavy atom. The van der Waals surface area contributed by atoms with Crippen LogP contribution in [0, 0.1) is 0 Å². The first kappa shape index (κ1) is 56.0. The molecule has 2 fully saturated rings. The van der Waals surface area contributed by atoms with Gasteiger partial charge in [0.15, 0.2) is 5.11 Å². The molecular weight excluding hydrogens is 1010 g/mol. The van der Waals surface area contributed by atoms with Crippen LogP contribution in [0.25, 0.3) is 12.2 Å². The molecule has 0 bridgehead atoms. The van der Waals surface area contributed by atoms with Crippen LogP contribution in [0.3, 0.4) is 0 Å². The highest BCUT2D eigenvalue weighted by Gasteiger charge is 2.47. The highest BCUT2D eigenvalue weighted by molar-refractivity contribution is 7.80. The van der Waals surface area contributed by atoms with Crippen LogP contribution >= 0.6 is 28.1 Å². The van der Waals surface area contributed by atoms with Gasteiger partial charge < -0.3 is 43.3 Å². The maximum Gasteiger partial charge on any atom is 0.338 e. The summed E-state index contributed by atoms with van der Waals surface area (Å²) >= 11 is 5.39. The summed E-state index contributed by atoms with van der Waals surface area (Å²) in [6, 6.07) is 69.7. The van der Waals surface area contributed by atoms with Gasteiger partial charge in [0.2, 0.25) is 8.45 Å². The molecule has 0 radical (unpaired) electrons. The molecule has 15 heteroatoms. The van der Waals surface area contributed by atoms with E-state index in [0.717, 1.165) is 41.3 Å². The summed E-state index contributed by atoms with van der Waals surface area (Å²) < 4.78 is 40.1. The van der Waals surface area contributed by atoms with Gasteiger partial charge in [-0.3, -0.25) is 9.36 Å². The molecule has 2 aliphatic heterocycles. The molecule has 0 amide bonds. The largest absolute Gasteiger partial charge is 0.466 e. The second kappa shape index (κ2) is 30.0. The van der Waals surface area contributed by atoms with Gasteiger partial charge in [0.25, 0.3) is 7.44 Å². The van der Waals surface area contributed by atoms with Crippen molar-refractivity contribution in [2.24, 2.45) is 0 Å². The van der Waals surface area contributed by atoms with Crippen LogP contribution in [0.5, 0.6) is 0 Å². The number of ether oxygens (including phenoxy) is 2. The van der Waals surface area contributed by atoms with Crippen molar-refractivity contribution in [1.29, 1.82) is 0 Å². The molecule has 390 valence electrons. The van der Waals surface area contributed by atoms with Gasteiger partial charge >= 0.3 is 11.9 Å². The number of thiocarbonyl (C=S) groups is 1. The van der Waals surface area contributed by atoms with Gasteiger partial charge in [0.05, 0.1) is 32.3 Å². The average molecular weight is 1070 g/mol. The Balaban J connectivity index is 0.000000178. The van der Waals surface area contributed by atoms with Crippen LogP contribution in [0.4, 0.5) is 28.4 Å². The zero-order valence-electron chi connectivity index (χ0n) is 42.8. The summed E-state index contributed by atoms with van der Waals surface area (Å²) in [4.78, 5) is 23.5. The number of nitrogens with one attached hydrogen (secondary N) is 2. The lowest BCUT2D eigenvalue weighted by atomic mass is 10.2. The fourth-order valence-electron chi connectivity index (χ4n) is 8.23. The summed E-state index contributed by atoms with van der Waals surface area (Å²) in [6.45, 7) is 8.48. The van der Waals surface area contributed by atoms with Gasteiger partial charge in [-0.25, -0.2) is 4.79 Å². The third kappa shape index (κ3) is 16.4. The summed E-state index contributed by atoms with van der Waals surface area (Å²) in [6.07, 6.45) is 4.87. The van der Waals surface area contributed by atoms with Crippen LogP contribution in [-0.4, -0.2) is 69.6 Å². The van der Waals surface area contributed by atoms with Crippen LogP contribution in [0.1, 0.15) is 31.4 Å². The number of para-hydroxylation sites is 5. The zero-order valence-corrected chi connectivity index (χ0v) is 45.4. The molecule has 0 aromatic heterocycles. The van der Waals surface area contributed by atoms with E-state index in [1.807, 2.05) is 179 Å². The molecule has 2 aliphatic rings. The lowest BCUT2D eigenvalue weighted by molar-refractivity contribution is -0.142.